The fourth-order valence-corrected chi connectivity index (χ4v) is 2.48. The average Bonchev–Trinajstić information content (AvgIpc) is 2.29. The van der Waals surface area contributed by atoms with Gasteiger partial charge in [0.2, 0.25) is 0 Å². The number of hydrogen-bond donors (Lipinski definition) is 1. The lowest BCUT2D eigenvalue weighted by Crippen LogP contribution is -2.29. The van der Waals surface area contributed by atoms with Crippen LogP contribution in [0.3, 0.4) is 0 Å². The second-order valence-electron chi connectivity index (χ2n) is 3.14. The van der Waals surface area contributed by atoms with Crippen LogP contribution in [0, 0.1) is 0 Å². The molecule has 0 fully saturated rings. The van der Waals surface area contributed by atoms with Gasteiger partial charge in [0.05, 0.1) is 22.7 Å². The van der Waals surface area contributed by atoms with Crippen molar-refractivity contribution in [3.8, 4) is 0 Å². The van der Waals surface area contributed by atoms with Crippen molar-refractivity contribution in [2.75, 3.05) is 18.9 Å². The topological polar surface area (TPSA) is 52.3 Å². The van der Waals surface area contributed by atoms with Crippen LogP contribution >= 0.6 is 0 Å². The van der Waals surface area contributed by atoms with Gasteiger partial charge in [0.1, 0.15) is 0 Å². The third-order valence-corrected chi connectivity index (χ3v) is 3.48. The largest absolute Gasteiger partial charge is 0.376 e. The van der Waals surface area contributed by atoms with Crippen molar-refractivity contribution in [3.05, 3.63) is 30.3 Å². The highest BCUT2D eigenvalue weighted by molar-refractivity contribution is 7.85. The van der Waals surface area contributed by atoms with E-state index in [-0.39, 0.29) is 6.10 Å². The molecular formula is C11H17NO2S. The quantitative estimate of drug-likeness (QED) is 0.793. The molecule has 0 amide bonds. The fraction of sp³-hybridized carbons (Fsp3) is 0.455. The van der Waals surface area contributed by atoms with Gasteiger partial charge in [0.15, 0.2) is 0 Å². The minimum atomic E-state index is -1.02. The predicted octanol–water partition coefficient (Wildman–Crippen LogP) is 1.16. The Morgan fingerprint density at radius 3 is 2.60 bits per heavy atom. The highest BCUT2D eigenvalue weighted by Crippen LogP contribution is 2.07. The average molecular weight is 227 g/mol. The molecule has 0 aliphatic carbocycles. The van der Waals surface area contributed by atoms with E-state index in [0.29, 0.717) is 18.9 Å². The van der Waals surface area contributed by atoms with E-state index in [4.69, 9.17) is 10.5 Å². The van der Waals surface area contributed by atoms with Crippen LogP contribution in [0.4, 0.5) is 0 Å². The zero-order chi connectivity index (χ0) is 11.1. The summed E-state index contributed by atoms with van der Waals surface area (Å²) in [6.07, 6.45) is -0.115. The maximum atomic E-state index is 11.9. The smallest absolute Gasteiger partial charge is 0.0815 e. The highest BCUT2D eigenvalue weighted by atomic mass is 32.2. The molecule has 0 bridgehead atoms. The standard InChI is InChI=1S/C11H17NO2S/c1-2-14-10(8-12)9-15(13)11-6-4-3-5-7-11/h3-7,10H,2,8-9,12H2,1H3. The molecule has 2 unspecified atom stereocenters. The first-order chi connectivity index (χ1) is 7.27. The van der Waals surface area contributed by atoms with Crippen molar-refractivity contribution >= 4 is 10.8 Å². The third kappa shape index (κ3) is 4.11. The monoisotopic (exact) mass is 227 g/mol. The molecule has 0 spiro atoms. The number of nitrogens with two attached hydrogens (primary N) is 1. The number of ether oxygens (including phenoxy) is 1. The van der Waals surface area contributed by atoms with Crippen LogP contribution in [0.25, 0.3) is 0 Å². The second kappa shape index (κ2) is 6.71. The Labute approximate surface area is 93.1 Å². The summed E-state index contributed by atoms with van der Waals surface area (Å²) in [7, 11) is -1.02. The molecule has 0 heterocycles. The van der Waals surface area contributed by atoms with Crippen LogP contribution in [0.1, 0.15) is 6.92 Å². The molecule has 1 rings (SSSR count). The van der Waals surface area contributed by atoms with Crippen LogP contribution in [0.15, 0.2) is 35.2 Å². The van der Waals surface area contributed by atoms with E-state index in [1.54, 1.807) is 0 Å². The number of rotatable bonds is 6. The van der Waals surface area contributed by atoms with Gasteiger partial charge in [0, 0.05) is 18.0 Å². The summed E-state index contributed by atoms with van der Waals surface area (Å²) in [6, 6.07) is 9.38. The number of benzene rings is 1. The molecule has 15 heavy (non-hydrogen) atoms. The molecule has 0 radical (unpaired) electrons. The summed E-state index contributed by atoms with van der Waals surface area (Å²) >= 11 is 0. The molecule has 0 saturated heterocycles. The lowest BCUT2D eigenvalue weighted by atomic mass is 10.4. The molecule has 2 N–H and O–H groups in total. The van der Waals surface area contributed by atoms with Gasteiger partial charge >= 0.3 is 0 Å². The van der Waals surface area contributed by atoms with Crippen LogP contribution in [0.5, 0.6) is 0 Å². The molecule has 1 aromatic rings. The van der Waals surface area contributed by atoms with Crippen molar-refractivity contribution in [2.24, 2.45) is 5.73 Å². The Bertz CT molecular complexity index is 303. The molecule has 0 aliphatic heterocycles. The van der Waals surface area contributed by atoms with Crippen LogP contribution in [-0.2, 0) is 15.5 Å². The third-order valence-electron chi connectivity index (χ3n) is 2.01. The summed E-state index contributed by atoms with van der Waals surface area (Å²) in [5.41, 5.74) is 5.53. The lowest BCUT2D eigenvalue weighted by Gasteiger charge is -2.13. The predicted molar refractivity (Wildman–Crippen MR) is 62.2 cm³/mol. The van der Waals surface area contributed by atoms with Crippen LogP contribution in [-0.4, -0.2) is 29.2 Å². The van der Waals surface area contributed by atoms with Crippen LogP contribution < -0.4 is 5.73 Å². The second-order valence-corrected chi connectivity index (χ2v) is 4.63. The summed E-state index contributed by atoms with van der Waals surface area (Å²) in [5.74, 6) is 0.467. The van der Waals surface area contributed by atoms with Gasteiger partial charge in [-0.05, 0) is 19.1 Å². The fourth-order valence-electron chi connectivity index (χ4n) is 1.26. The molecule has 0 aliphatic rings. The summed E-state index contributed by atoms with van der Waals surface area (Å²) < 4.78 is 17.2. The molecule has 84 valence electrons. The summed E-state index contributed by atoms with van der Waals surface area (Å²) in [4.78, 5) is 0.829. The van der Waals surface area contributed by atoms with Crippen LogP contribution in [0.2, 0.25) is 0 Å². The first kappa shape index (κ1) is 12.4. The van der Waals surface area contributed by atoms with Gasteiger partial charge in [-0.15, -0.1) is 0 Å². The SMILES string of the molecule is CCOC(CN)CS(=O)c1ccccc1. The maximum absolute atomic E-state index is 11.9. The van der Waals surface area contributed by atoms with Gasteiger partial charge in [-0.25, -0.2) is 0 Å². The Morgan fingerprint density at radius 1 is 1.40 bits per heavy atom. The first-order valence-electron chi connectivity index (χ1n) is 5.03. The normalized spacial score (nSPS) is 14.8. The van der Waals surface area contributed by atoms with Crippen molar-refractivity contribution in [1.82, 2.24) is 0 Å². The molecular weight excluding hydrogens is 210 g/mol. The van der Waals surface area contributed by atoms with E-state index >= 15 is 0 Å². The molecule has 2 atom stereocenters. The van der Waals surface area contributed by atoms with E-state index < -0.39 is 10.8 Å². The van der Waals surface area contributed by atoms with Gasteiger partial charge in [0.25, 0.3) is 0 Å². The Balaban J connectivity index is 2.55. The van der Waals surface area contributed by atoms with Gasteiger partial charge < -0.3 is 10.5 Å². The summed E-state index contributed by atoms with van der Waals surface area (Å²) in [5, 5.41) is 0. The molecule has 1 aromatic carbocycles. The van der Waals surface area contributed by atoms with Crippen molar-refractivity contribution in [3.63, 3.8) is 0 Å². The number of hydrogen-bond acceptors (Lipinski definition) is 3. The Kier molecular flexibility index (Phi) is 5.53. The van der Waals surface area contributed by atoms with E-state index in [2.05, 4.69) is 0 Å². The van der Waals surface area contributed by atoms with E-state index in [9.17, 15) is 4.21 Å². The van der Waals surface area contributed by atoms with Crippen molar-refractivity contribution < 1.29 is 8.95 Å². The van der Waals surface area contributed by atoms with Crippen molar-refractivity contribution in [1.29, 1.82) is 0 Å². The first-order valence-corrected chi connectivity index (χ1v) is 6.35. The van der Waals surface area contributed by atoms with Gasteiger partial charge in [-0.3, -0.25) is 4.21 Å². The Morgan fingerprint density at radius 2 is 2.07 bits per heavy atom. The zero-order valence-electron chi connectivity index (χ0n) is 8.89. The van der Waals surface area contributed by atoms with E-state index in [1.165, 1.54) is 0 Å². The van der Waals surface area contributed by atoms with Gasteiger partial charge in [-0.1, -0.05) is 18.2 Å². The highest BCUT2D eigenvalue weighted by Gasteiger charge is 2.12. The molecule has 0 aromatic heterocycles. The molecule has 3 nitrogen and oxygen atoms in total. The van der Waals surface area contributed by atoms with E-state index in [0.717, 1.165) is 4.90 Å². The molecule has 4 heteroatoms. The minimum absolute atomic E-state index is 0.115. The van der Waals surface area contributed by atoms with E-state index in [1.807, 2.05) is 37.3 Å². The summed E-state index contributed by atoms with van der Waals surface area (Å²) in [6.45, 7) is 2.92. The Hall–Kier alpha value is -0.710. The maximum Gasteiger partial charge on any atom is 0.0815 e. The lowest BCUT2D eigenvalue weighted by molar-refractivity contribution is 0.0852. The van der Waals surface area contributed by atoms with Gasteiger partial charge in [-0.2, -0.15) is 0 Å². The molecule has 0 saturated carbocycles. The van der Waals surface area contributed by atoms with Crippen molar-refractivity contribution in [2.45, 2.75) is 17.9 Å². The zero-order valence-corrected chi connectivity index (χ0v) is 9.70. The minimum Gasteiger partial charge on any atom is -0.376 e.